The summed E-state index contributed by atoms with van der Waals surface area (Å²) in [7, 11) is 0. The van der Waals surface area contributed by atoms with Crippen molar-refractivity contribution >= 4 is 11.4 Å². The molecule has 0 saturated carbocycles. The molecule has 0 unspecified atom stereocenters. The summed E-state index contributed by atoms with van der Waals surface area (Å²) >= 11 is 0. The van der Waals surface area contributed by atoms with Crippen LogP contribution in [0, 0.1) is 10.1 Å². The molecule has 1 N–H and O–H groups in total. The van der Waals surface area contributed by atoms with Gasteiger partial charge in [-0.3, -0.25) is 10.1 Å². The highest BCUT2D eigenvalue weighted by molar-refractivity contribution is 5.59. The van der Waals surface area contributed by atoms with Crippen LogP contribution >= 0.6 is 0 Å². The number of nitrogens with zero attached hydrogens (tertiary/aromatic N) is 2. The van der Waals surface area contributed by atoms with E-state index in [9.17, 15) is 15.2 Å². The van der Waals surface area contributed by atoms with E-state index < -0.39 is 4.92 Å². The van der Waals surface area contributed by atoms with E-state index in [1.807, 2.05) is 0 Å². The monoisotopic (exact) mass is 250 g/mol. The molecule has 0 amide bonds. The molecule has 1 fully saturated rings. The second-order valence-electron chi connectivity index (χ2n) is 5.30. The first kappa shape index (κ1) is 12.8. The molecule has 1 saturated heterocycles. The highest BCUT2D eigenvalue weighted by Gasteiger charge is 2.33. The van der Waals surface area contributed by atoms with E-state index in [1.54, 1.807) is 6.07 Å². The number of anilines is 1. The van der Waals surface area contributed by atoms with E-state index >= 15 is 0 Å². The third-order valence-electron chi connectivity index (χ3n) is 3.64. The Bertz CT molecular complexity index is 471. The van der Waals surface area contributed by atoms with Gasteiger partial charge in [-0.2, -0.15) is 0 Å². The van der Waals surface area contributed by atoms with Crippen LogP contribution in [0.15, 0.2) is 18.2 Å². The Morgan fingerprint density at radius 3 is 2.72 bits per heavy atom. The fraction of sp³-hybridized carbons (Fsp3) is 0.538. The Hall–Kier alpha value is -1.62. The molecule has 1 aliphatic rings. The van der Waals surface area contributed by atoms with Crippen LogP contribution in [0.3, 0.4) is 0 Å². The molecule has 0 aromatic heterocycles. The molecular formula is C13H18N2O3. The molecule has 18 heavy (non-hydrogen) atoms. The van der Waals surface area contributed by atoms with Crippen LogP contribution in [0.4, 0.5) is 11.4 Å². The number of non-ortho nitro benzene ring substituents is 1. The molecule has 0 radical (unpaired) electrons. The zero-order chi connectivity index (χ0) is 13.3. The fourth-order valence-electron chi connectivity index (χ4n) is 2.63. The van der Waals surface area contributed by atoms with Crippen molar-refractivity contribution < 1.29 is 10.0 Å². The number of hydrogen-bond acceptors (Lipinski definition) is 4. The quantitative estimate of drug-likeness (QED) is 0.661. The number of aliphatic hydroxyl groups excluding tert-OH is 1. The molecule has 1 aromatic rings. The number of benzene rings is 1. The van der Waals surface area contributed by atoms with Gasteiger partial charge in [0.25, 0.3) is 5.69 Å². The first-order chi connectivity index (χ1) is 8.45. The Labute approximate surface area is 106 Å². The summed E-state index contributed by atoms with van der Waals surface area (Å²) < 4.78 is 0. The third-order valence-corrected chi connectivity index (χ3v) is 3.64. The molecule has 1 aromatic carbocycles. The zero-order valence-electron chi connectivity index (χ0n) is 10.7. The Balaban J connectivity index is 2.42. The van der Waals surface area contributed by atoms with Crippen LogP contribution in [0.1, 0.15) is 32.3 Å². The van der Waals surface area contributed by atoms with Gasteiger partial charge in [-0.05, 0) is 32.8 Å². The molecule has 5 nitrogen and oxygen atoms in total. The molecule has 0 atom stereocenters. The number of hydrogen-bond donors (Lipinski definition) is 1. The van der Waals surface area contributed by atoms with Crippen LogP contribution in [0.25, 0.3) is 0 Å². The summed E-state index contributed by atoms with van der Waals surface area (Å²) in [6.45, 7) is 5.06. The van der Waals surface area contributed by atoms with E-state index in [0.29, 0.717) is 5.56 Å². The molecule has 98 valence electrons. The van der Waals surface area contributed by atoms with Crippen LogP contribution in [-0.2, 0) is 6.61 Å². The molecule has 1 aliphatic heterocycles. The molecule has 2 rings (SSSR count). The second kappa shape index (κ2) is 4.57. The Morgan fingerprint density at radius 1 is 1.50 bits per heavy atom. The Morgan fingerprint density at radius 2 is 2.22 bits per heavy atom. The average Bonchev–Trinajstić information content (AvgIpc) is 2.67. The summed E-state index contributed by atoms with van der Waals surface area (Å²) in [4.78, 5) is 12.5. The second-order valence-corrected chi connectivity index (χ2v) is 5.30. The van der Waals surface area contributed by atoms with Gasteiger partial charge in [0.2, 0.25) is 0 Å². The Kier molecular flexibility index (Phi) is 3.26. The molecule has 5 heteroatoms. The van der Waals surface area contributed by atoms with Gasteiger partial charge in [-0.25, -0.2) is 0 Å². The van der Waals surface area contributed by atoms with Crippen molar-refractivity contribution in [1.29, 1.82) is 0 Å². The molecule has 0 spiro atoms. The van der Waals surface area contributed by atoms with Gasteiger partial charge in [0.15, 0.2) is 0 Å². The first-order valence-electron chi connectivity index (χ1n) is 6.11. The van der Waals surface area contributed by atoms with Gasteiger partial charge < -0.3 is 10.0 Å². The van der Waals surface area contributed by atoms with Gasteiger partial charge in [0.1, 0.15) is 0 Å². The van der Waals surface area contributed by atoms with Crippen molar-refractivity contribution in [2.75, 3.05) is 11.4 Å². The summed E-state index contributed by atoms with van der Waals surface area (Å²) in [5.74, 6) is 0. The normalized spacial score (nSPS) is 18.1. The SMILES string of the molecule is CC1(C)CCCN1c1ccc([N+](=O)[O-])cc1CO. The largest absolute Gasteiger partial charge is 0.392 e. The maximum atomic E-state index is 10.7. The molecule has 0 bridgehead atoms. The van der Waals surface area contributed by atoms with Crippen molar-refractivity contribution in [1.82, 2.24) is 0 Å². The number of nitro groups is 1. The van der Waals surface area contributed by atoms with E-state index in [0.717, 1.165) is 25.1 Å². The summed E-state index contributed by atoms with van der Waals surface area (Å²) in [5.41, 5.74) is 1.60. The van der Waals surface area contributed by atoms with E-state index in [4.69, 9.17) is 0 Å². The maximum Gasteiger partial charge on any atom is 0.269 e. The van der Waals surface area contributed by atoms with Crippen molar-refractivity contribution in [2.24, 2.45) is 0 Å². The smallest absolute Gasteiger partial charge is 0.269 e. The van der Waals surface area contributed by atoms with Crippen LogP contribution < -0.4 is 4.90 Å². The van der Waals surface area contributed by atoms with Gasteiger partial charge in [0, 0.05) is 35.5 Å². The van der Waals surface area contributed by atoms with E-state index in [-0.39, 0.29) is 17.8 Å². The lowest BCUT2D eigenvalue weighted by atomic mass is 10.0. The lowest BCUT2D eigenvalue weighted by molar-refractivity contribution is -0.384. The average molecular weight is 250 g/mol. The highest BCUT2D eigenvalue weighted by atomic mass is 16.6. The summed E-state index contributed by atoms with van der Waals surface area (Å²) in [6.07, 6.45) is 2.20. The van der Waals surface area contributed by atoms with Gasteiger partial charge in [0.05, 0.1) is 11.5 Å². The number of aliphatic hydroxyl groups is 1. The fourth-order valence-corrected chi connectivity index (χ4v) is 2.63. The molecule has 0 aliphatic carbocycles. The minimum atomic E-state index is -0.432. The maximum absolute atomic E-state index is 10.7. The predicted molar refractivity (Wildman–Crippen MR) is 69.7 cm³/mol. The minimum absolute atomic E-state index is 0.0276. The van der Waals surface area contributed by atoms with Gasteiger partial charge in [-0.15, -0.1) is 0 Å². The first-order valence-corrected chi connectivity index (χ1v) is 6.11. The topological polar surface area (TPSA) is 66.6 Å². The lowest BCUT2D eigenvalue weighted by Crippen LogP contribution is -2.38. The lowest BCUT2D eigenvalue weighted by Gasteiger charge is -2.35. The third kappa shape index (κ3) is 2.18. The standard InChI is InChI=1S/C13H18N2O3/c1-13(2)6-3-7-14(13)12-5-4-11(15(17)18)8-10(12)9-16/h4-5,8,16H,3,6-7,9H2,1-2H3. The minimum Gasteiger partial charge on any atom is -0.392 e. The van der Waals surface area contributed by atoms with Crippen LogP contribution in [0.5, 0.6) is 0 Å². The van der Waals surface area contributed by atoms with E-state index in [2.05, 4.69) is 18.7 Å². The summed E-state index contributed by atoms with van der Waals surface area (Å²) in [6, 6.07) is 4.71. The van der Waals surface area contributed by atoms with Crippen molar-refractivity contribution in [2.45, 2.75) is 38.8 Å². The number of nitro benzene ring substituents is 1. The van der Waals surface area contributed by atoms with E-state index in [1.165, 1.54) is 12.1 Å². The zero-order valence-corrected chi connectivity index (χ0v) is 10.7. The number of rotatable bonds is 3. The van der Waals surface area contributed by atoms with Crippen LogP contribution in [-0.4, -0.2) is 22.1 Å². The summed E-state index contributed by atoms with van der Waals surface area (Å²) in [5, 5.41) is 20.1. The van der Waals surface area contributed by atoms with Crippen molar-refractivity contribution in [3.8, 4) is 0 Å². The molecule has 1 heterocycles. The van der Waals surface area contributed by atoms with Gasteiger partial charge in [-0.1, -0.05) is 0 Å². The van der Waals surface area contributed by atoms with Crippen molar-refractivity contribution in [3.63, 3.8) is 0 Å². The predicted octanol–water partition coefficient (Wildman–Crippen LogP) is 2.47. The molecular weight excluding hydrogens is 232 g/mol. The van der Waals surface area contributed by atoms with Crippen molar-refractivity contribution in [3.05, 3.63) is 33.9 Å². The highest BCUT2D eigenvalue weighted by Crippen LogP contribution is 2.36. The van der Waals surface area contributed by atoms with Gasteiger partial charge >= 0.3 is 0 Å². The van der Waals surface area contributed by atoms with Crippen LogP contribution in [0.2, 0.25) is 0 Å².